The molecule has 0 aliphatic rings. The Bertz CT molecular complexity index is 703. The van der Waals surface area contributed by atoms with Gasteiger partial charge in [0, 0.05) is 12.6 Å². The first-order chi connectivity index (χ1) is 11.0. The molecule has 0 atom stereocenters. The number of carbonyl (C=O) groups is 1. The molecule has 0 aliphatic carbocycles. The van der Waals surface area contributed by atoms with Crippen molar-refractivity contribution in [2.75, 3.05) is 7.05 Å². The summed E-state index contributed by atoms with van der Waals surface area (Å²) >= 11 is 1.32. The van der Waals surface area contributed by atoms with Gasteiger partial charge in [-0.15, -0.1) is 0 Å². The molecule has 1 amide bonds. The van der Waals surface area contributed by atoms with Crippen LogP contribution in [0, 0.1) is 13.8 Å². The smallest absolute Gasteiger partial charge is 0.397 e. The number of aromatic nitrogens is 2. The van der Waals surface area contributed by atoms with E-state index in [2.05, 4.69) is 22.4 Å². The van der Waals surface area contributed by atoms with Crippen molar-refractivity contribution in [2.45, 2.75) is 40.0 Å². The van der Waals surface area contributed by atoms with Gasteiger partial charge in [0.15, 0.2) is 0 Å². The summed E-state index contributed by atoms with van der Waals surface area (Å²) in [5.41, 5.74) is 2.65. The predicted molar refractivity (Wildman–Crippen MR) is 90.7 cm³/mol. The van der Waals surface area contributed by atoms with Crippen molar-refractivity contribution >= 4 is 29.6 Å². The van der Waals surface area contributed by atoms with Gasteiger partial charge >= 0.3 is 6.09 Å². The second-order valence-corrected chi connectivity index (χ2v) is 6.09. The van der Waals surface area contributed by atoms with Crippen molar-refractivity contribution in [3.8, 4) is 5.06 Å². The van der Waals surface area contributed by atoms with Gasteiger partial charge in [0.1, 0.15) is 10.8 Å². The number of aryl methyl sites for hydroxylation is 3. The van der Waals surface area contributed by atoms with E-state index in [0.717, 1.165) is 41.3 Å². The fourth-order valence-electron chi connectivity index (χ4n) is 2.02. The Hall–Kier alpha value is -2.15. The Morgan fingerprint density at radius 1 is 1.39 bits per heavy atom. The van der Waals surface area contributed by atoms with Crippen LogP contribution in [0.2, 0.25) is 0 Å². The van der Waals surface area contributed by atoms with E-state index in [9.17, 15) is 4.79 Å². The van der Waals surface area contributed by atoms with Crippen LogP contribution in [-0.2, 0) is 6.42 Å². The van der Waals surface area contributed by atoms with Gasteiger partial charge in [-0.2, -0.15) is 0 Å². The summed E-state index contributed by atoms with van der Waals surface area (Å²) in [6.07, 6.45) is 6.44. The molecule has 2 rings (SSSR count). The van der Waals surface area contributed by atoms with Gasteiger partial charge in [0.05, 0.1) is 11.4 Å². The maximum Gasteiger partial charge on any atom is 0.413 e. The molecule has 2 heterocycles. The monoisotopic (exact) mass is 335 g/mol. The largest absolute Gasteiger partial charge is 0.413 e. The van der Waals surface area contributed by atoms with Gasteiger partial charge < -0.3 is 14.6 Å². The third-order valence-corrected chi connectivity index (χ3v) is 4.30. The minimum absolute atomic E-state index is 0.496. The molecule has 0 spiro atoms. The molecule has 124 valence electrons. The molecule has 1 N–H and O–H groups in total. The Kier molecular flexibility index (Phi) is 5.92. The third kappa shape index (κ3) is 4.41. The van der Waals surface area contributed by atoms with Crippen LogP contribution in [0.25, 0.3) is 12.2 Å². The van der Waals surface area contributed by atoms with E-state index in [0.29, 0.717) is 10.8 Å². The maximum atomic E-state index is 11.3. The van der Waals surface area contributed by atoms with E-state index in [1.165, 1.54) is 18.4 Å². The summed E-state index contributed by atoms with van der Waals surface area (Å²) in [6.45, 7) is 5.85. The first-order valence-electron chi connectivity index (χ1n) is 7.55. The average Bonchev–Trinajstić information content (AvgIpc) is 3.06. The number of ether oxygens (including phenoxy) is 1. The van der Waals surface area contributed by atoms with E-state index < -0.39 is 6.09 Å². The van der Waals surface area contributed by atoms with Crippen LogP contribution < -0.4 is 10.1 Å². The topological polar surface area (TPSA) is 77.2 Å². The lowest BCUT2D eigenvalue weighted by Gasteiger charge is -1.98. The molecule has 0 saturated heterocycles. The number of nitrogens with zero attached hydrogens (tertiary/aromatic N) is 2. The number of amides is 1. The summed E-state index contributed by atoms with van der Waals surface area (Å²) in [7, 11) is 1.52. The second-order valence-electron chi connectivity index (χ2n) is 5.10. The number of hydrogen-bond donors (Lipinski definition) is 1. The van der Waals surface area contributed by atoms with E-state index in [-0.39, 0.29) is 0 Å². The highest BCUT2D eigenvalue weighted by molar-refractivity contribution is 7.14. The second kappa shape index (κ2) is 7.92. The molecule has 0 unspecified atom stereocenters. The summed E-state index contributed by atoms with van der Waals surface area (Å²) in [4.78, 5) is 15.7. The van der Waals surface area contributed by atoms with Gasteiger partial charge in [-0.05, 0) is 38.8 Å². The van der Waals surface area contributed by atoms with E-state index >= 15 is 0 Å². The lowest BCUT2D eigenvalue weighted by Crippen LogP contribution is -2.21. The zero-order valence-corrected chi connectivity index (χ0v) is 14.6. The zero-order chi connectivity index (χ0) is 16.8. The van der Waals surface area contributed by atoms with E-state index in [1.54, 1.807) is 0 Å². The minimum atomic E-state index is -0.496. The van der Waals surface area contributed by atoms with Crippen molar-refractivity contribution in [2.24, 2.45) is 0 Å². The molecule has 7 heteroatoms. The number of rotatable bonds is 6. The minimum Gasteiger partial charge on any atom is -0.397 e. The lowest BCUT2D eigenvalue weighted by molar-refractivity contribution is 0.204. The molecule has 2 aromatic rings. The third-order valence-electron chi connectivity index (χ3n) is 3.30. The van der Waals surface area contributed by atoms with Gasteiger partial charge in [-0.1, -0.05) is 29.8 Å². The Morgan fingerprint density at radius 3 is 2.87 bits per heavy atom. The molecule has 0 radical (unpaired) electrons. The van der Waals surface area contributed by atoms with Crippen LogP contribution >= 0.6 is 11.3 Å². The number of unbranched alkanes of at least 4 members (excludes halogenated alkanes) is 1. The Labute approximate surface area is 139 Å². The highest BCUT2D eigenvalue weighted by Crippen LogP contribution is 2.28. The first-order valence-corrected chi connectivity index (χ1v) is 8.37. The molecular formula is C16H21N3O3S. The fourth-order valence-corrected chi connectivity index (χ4v) is 2.84. The van der Waals surface area contributed by atoms with Gasteiger partial charge in [-0.25, -0.2) is 9.78 Å². The highest BCUT2D eigenvalue weighted by atomic mass is 32.1. The number of thiazole rings is 1. The van der Waals surface area contributed by atoms with Crippen molar-refractivity contribution < 1.29 is 14.1 Å². The van der Waals surface area contributed by atoms with Crippen LogP contribution in [0.3, 0.4) is 0 Å². The van der Waals surface area contributed by atoms with E-state index in [4.69, 9.17) is 9.26 Å². The molecule has 0 aliphatic heterocycles. The molecule has 0 saturated carbocycles. The molecule has 0 aromatic carbocycles. The summed E-state index contributed by atoms with van der Waals surface area (Å²) in [5, 5.41) is 7.80. The molecule has 23 heavy (non-hydrogen) atoms. The van der Waals surface area contributed by atoms with Crippen molar-refractivity contribution in [3.63, 3.8) is 0 Å². The summed E-state index contributed by atoms with van der Waals surface area (Å²) in [5.74, 6) is 0.794. The Morgan fingerprint density at radius 2 is 2.17 bits per heavy atom. The number of carbonyl (C=O) groups excluding carboxylic acids is 1. The van der Waals surface area contributed by atoms with Gasteiger partial charge in [0.2, 0.25) is 5.06 Å². The molecule has 0 fully saturated rings. The van der Waals surface area contributed by atoms with Gasteiger partial charge in [0.25, 0.3) is 0 Å². The predicted octanol–water partition coefficient (Wildman–Crippen LogP) is 3.98. The quantitative estimate of drug-likeness (QED) is 0.864. The fraction of sp³-hybridized carbons (Fsp3) is 0.438. The average molecular weight is 335 g/mol. The highest BCUT2D eigenvalue weighted by Gasteiger charge is 2.12. The Balaban J connectivity index is 2.16. The molecule has 2 aromatic heterocycles. The van der Waals surface area contributed by atoms with Crippen LogP contribution in [0.4, 0.5) is 4.79 Å². The normalized spacial score (nSPS) is 11.1. The molecule has 6 nitrogen and oxygen atoms in total. The zero-order valence-electron chi connectivity index (χ0n) is 13.8. The first kappa shape index (κ1) is 17.2. The molecular weight excluding hydrogens is 314 g/mol. The standard InChI is InChI=1S/C16H21N3O3S/c1-5-6-7-13-12(11(3)22-19-13)8-9-14-18-10(2)15(23-14)21-16(20)17-4/h8-9H,5-7H2,1-4H3,(H,17,20)/b9-8+. The maximum absolute atomic E-state index is 11.3. The molecule has 0 bridgehead atoms. The van der Waals surface area contributed by atoms with Crippen molar-refractivity contribution in [1.82, 2.24) is 15.5 Å². The number of nitrogens with one attached hydrogen (secondary N) is 1. The van der Waals surface area contributed by atoms with Crippen LogP contribution in [-0.4, -0.2) is 23.3 Å². The van der Waals surface area contributed by atoms with Crippen molar-refractivity contribution in [3.05, 3.63) is 27.7 Å². The van der Waals surface area contributed by atoms with E-state index in [1.807, 2.05) is 26.0 Å². The summed E-state index contributed by atoms with van der Waals surface area (Å²) < 4.78 is 10.4. The van der Waals surface area contributed by atoms with Crippen LogP contribution in [0.1, 0.15) is 47.5 Å². The summed E-state index contributed by atoms with van der Waals surface area (Å²) in [6, 6.07) is 0. The number of hydrogen-bond acceptors (Lipinski definition) is 6. The van der Waals surface area contributed by atoms with Crippen LogP contribution in [0.5, 0.6) is 5.06 Å². The lowest BCUT2D eigenvalue weighted by atomic mass is 10.1. The van der Waals surface area contributed by atoms with Crippen molar-refractivity contribution in [1.29, 1.82) is 0 Å². The van der Waals surface area contributed by atoms with Gasteiger partial charge in [-0.3, -0.25) is 0 Å². The van der Waals surface area contributed by atoms with Crippen LogP contribution in [0.15, 0.2) is 4.52 Å². The SMILES string of the molecule is CCCCc1noc(C)c1/C=C/c1nc(C)c(OC(=O)NC)s1.